The highest BCUT2D eigenvalue weighted by Crippen LogP contribution is 2.46. The van der Waals surface area contributed by atoms with Crippen LogP contribution in [0.5, 0.6) is 0 Å². The van der Waals surface area contributed by atoms with Gasteiger partial charge in [0, 0.05) is 24.2 Å². The van der Waals surface area contributed by atoms with E-state index in [-0.39, 0.29) is 11.2 Å². The first-order valence-corrected chi connectivity index (χ1v) is 10.0. The molecule has 1 aromatic heterocycles. The molecule has 0 saturated heterocycles. The van der Waals surface area contributed by atoms with Crippen molar-refractivity contribution < 1.29 is 4.79 Å². The van der Waals surface area contributed by atoms with Crippen molar-refractivity contribution in [3.8, 4) is 0 Å². The van der Waals surface area contributed by atoms with E-state index in [0.717, 1.165) is 16.7 Å². The van der Waals surface area contributed by atoms with Crippen molar-refractivity contribution in [3.63, 3.8) is 0 Å². The molecule has 1 atom stereocenters. The molecule has 0 spiro atoms. The third kappa shape index (κ3) is 3.45. The molecule has 0 aliphatic heterocycles. The highest BCUT2D eigenvalue weighted by atomic mass is 32.2. The smallest absolute Gasteiger partial charge is 0.240 e. The second kappa shape index (κ2) is 6.83. The highest BCUT2D eigenvalue weighted by molar-refractivity contribution is 8.00. The van der Waals surface area contributed by atoms with Crippen LogP contribution in [0.4, 0.5) is 5.69 Å². The summed E-state index contributed by atoms with van der Waals surface area (Å²) in [5, 5.41) is 9.59. The van der Waals surface area contributed by atoms with E-state index in [2.05, 4.69) is 14.8 Å². The monoisotopic (exact) mass is 356 g/mol. The summed E-state index contributed by atoms with van der Waals surface area (Å²) in [6.45, 7) is 4.65. The van der Waals surface area contributed by atoms with Gasteiger partial charge < -0.3 is 9.47 Å². The van der Waals surface area contributed by atoms with Crippen LogP contribution >= 0.6 is 11.8 Å². The molecule has 6 heteroatoms. The van der Waals surface area contributed by atoms with Crippen LogP contribution in [0.25, 0.3) is 0 Å². The number of rotatable bonds is 7. The molecule has 25 heavy (non-hydrogen) atoms. The van der Waals surface area contributed by atoms with Gasteiger partial charge in [0.2, 0.25) is 5.91 Å². The molecule has 1 aromatic carbocycles. The van der Waals surface area contributed by atoms with Crippen molar-refractivity contribution in [2.75, 3.05) is 11.4 Å². The Bertz CT molecular complexity index is 752. The Labute approximate surface area is 152 Å². The van der Waals surface area contributed by atoms with Gasteiger partial charge in [-0.2, -0.15) is 0 Å². The first-order chi connectivity index (χ1) is 12.2. The molecule has 2 aliphatic rings. The zero-order chi connectivity index (χ0) is 17.4. The maximum absolute atomic E-state index is 13.0. The molecule has 0 N–H and O–H groups in total. The second-order valence-electron chi connectivity index (χ2n) is 6.89. The Morgan fingerprint density at radius 1 is 1.24 bits per heavy atom. The minimum absolute atomic E-state index is 0.122. The molecule has 2 aromatic rings. The Morgan fingerprint density at radius 2 is 1.96 bits per heavy atom. The minimum atomic E-state index is -0.186. The lowest BCUT2D eigenvalue weighted by Gasteiger charge is -2.24. The first-order valence-electron chi connectivity index (χ1n) is 9.17. The van der Waals surface area contributed by atoms with Gasteiger partial charge in [-0.25, -0.2) is 0 Å². The van der Waals surface area contributed by atoms with Crippen LogP contribution in [-0.4, -0.2) is 32.5 Å². The molecule has 1 amide bonds. The fraction of sp³-hybridized carbons (Fsp3) is 0.526. The number of thioether (sulfide) groups is 1. The van der Waals surface area contributed by atoms with E-state index in [0.29, 0.717) is 18.5 Å². The number of carbonyl (C=O) groups is 1. The summed E-state index contributed by atoms with van der Waals surface area (Å²) in [4.78, 5) is 14.8. The fourth-order valence-corrected chi connectivity index (χ4v) is 4.15. The standard InChI is InChI=1S/C19H24N4OS/c1-3-22(15-7-5-4-6-8-15)18(24)13(2)25-19-21-20-17(14-9-10-14)23(19)16-11-12-16/h4-8,13-14,16H,3,9-12H2,1-2H3/t13-/m1/s1. The lowest BCUT2D eigenvalue weighted by molar-refractivity contribution is -0.117. The lowest BCUT2D eigenvalue weighted by Crippen LogP contribution is -2.36. The fourth-order valence-electron chi connectivity index (χ4n) is 3.17. The quantitative estimate of drug-likeness (QED) is 0.703. The van der Waals surface area contributed by atoms with Gasteiger partial charge in [0.25, 0.3) is 0 Å². The SMILES string of the molecule is CCN(C(=O)[C@@H](C)Sc1nnc(C2CC2)n1C1CC1)c1ccccc1. The molecule has 0 unspecified atom stereocenters. The summed E-state index contributed by atoms with van der Waals surface area (Å²) in [5.74, 6) is 1.85. The van der Waals surface area contributed by atoms with Crippen LogP contribution in [0.15, 0.2) is 35.5 Å². The maximum Gasteiger partial charge on any atom is 0.240 e. The molecular weight excluding hydrogens is 332 g/mol. The van der Waals surface area contributed by atoms with Crippen LogP contribution < -0.4 is 4.90 Å². The Hall–Kier alpha value is -1.82. The van der Waals surface area contributed by atoms with Crippen LogP contribution in [0.2, 0.25) is 0 Å². The van der Waals surface area contributed by atoms with Crippen molar-refractivity contribution in [1.29, 1.82) is 0 Å². The van der Waals surface area contributed by atoms with Gasteiger partial charge in [0.15, 0.2) is 5.16 Å². The van der Waals surface area contributed by atoms with E-state index in [4.69, 9.17) is 0 Å². The number of benzene rings is 1. The third-order valence-electron chi connectivity index (χ3n) is 4.83. The van der Waals surface area contributed by atoms with E-state index in [1.165, 1.54) is 25.7 Å². The Balaban J connectivity index is 1.51. The van der Waals surface area contributed by atoms with Crippen molar-refractivity contribution >= 4 is 23.4 Å². The van der Waals surface area contributed by atoms with Crippen molar-refractivity contribution in [1.82, 2.24) is 14.8 Å². The van der Waals surface area contributed by atoms with Gasteiger partial charge in [0.05, 0.1) is 5.25 Å². The molecule has 1 heterocycles. The van der Waals surface area contributed by atoms with Gasteiger partial charge in [-0.1, -0.05) is 30.0 Å². The molecule has 5 nitrogen and oxygen atoms in total. The summed E-state index contributed by atoms with van der Waals surface area (Å²) in [5.41, 5.74) is 0.949. The molecule has 132 valence electrons. The summed E-state index contributed by atoms with van der Waals surface area (Å²) < 4.78 is 2.31. The number of para-hydroxylation sites is 1. The maximum atomic E-state index is 13.0. The summed E-state index contributed by atoms with van der Waals surface area (Å²) in [6.07, 6.45) is 4.86. The van der Waals surface area contributed by atoms with E-state index in [1.54, 1.807) is 11.8 Å². The average Bonchev–Trinajstić information content (AvgIpc) is 3.55. The predicted octanol–water partition coefficient (Wildman–Crippen LogP) is 4.02. The molecule has 2 aliphatic carbocycles. The molecule has 2 fully saturated rings. The zero-order valence-electron chi connectivity index (χ0n) is 14.8. The number of hydrogen-bond acceptors (Lipinski definition) is 4. The summed E-state index contributed by atoms with van der Waals surface area (Å²) >= 11 is 1.55. The third-order valence-corrected chi connectivity index (χ3v) is 5.87. The first kappa shape index (κ1) is 16.6. The average molecular weight is 356 g/mol. The zero-order valence-corrected chi connectivity index (χ0v) is 15.6. The molecule has 2 saturated carbocycles. The Kier molecular flexibility index (Phi) is 4.54. The van der Waals surface area contributed by atoms with Crippen LogP contribution in [0, 0.1) is 0 Å². The van der Waals surface area contributed by atoms with E-state index < -0.39 is 0 Å². The van der Waals surface area contributed by atoms with Gasteiger partial charge in [0.1, 0.15) is 5.82 Å². The number of aromatic nitrogens is 3. The lowest BCUT2D eigenvalue weighted by atomic mass is 10.2. The van der Waals surface area contributed by atoms with E-state index in [9.17, 15) is 4.79 Å². The predicted molar refractivity (Wildman–Crippen MR) is 100 cm³/mol. The van der Waals surface area contributed by atoms with Gasteiger partial charge in [-0.15, -0.1) is 10.2 Å². The van der Waals surface area contributed by atoms with Gasteiger partial charge in [-0.05, 0) is 51.7 Å². The number of carbonyl (C=O) groups excluding carboxylic acids is 1. The normalized spacial score (nSPS) is 18.2. The van der Waals surface area contributed by atoms with Crippen molar-refractivity contribution in [2.24, 2.45) is 0 Å². The van der Waals surface area contributed by atoms with Gasteiger partial charge in [-0.3, -0.25) is 4.79 Å². The number of anilines is 1. The Morgan fingerprint density at radius 3 is 2.56 bits per heavy atom. The molecule has 0 bridgehead atoms. The van der Waals surface area contributed by atoms with Crippen LogP contribution in [0.3, 0.4) is 0 Å². The van der Waals surface area contributed by atoms with E-state index in [1.807, 2.05) is 49.1 Å². The molecular formula is C19H24N4OS. The highest BCUT2D eigenvalue weighted by Gasteiger charge is 2.37. The van der Waals surface area contributed by atoms with Crippen molar-refractivity contribution in [2.45, 2.75) is 61.9 Å². The van der Waals surface area contributed by atoms with Crippen LogP contribution in [0.1, 0.15) is 57.3 Å². The van der Waals surface area contributed by atoms with E-state index >= 15 is 0 Å². The number of nitrogens with zero attached hydrogens (tertiary/aromatic N) is 4. The summed E-state index contributed by atoms with van der Waals surface area (Å²) in [7, 11) is 0. The molecule has 4 rings (SSSR count). The topological polar surface area (TPSA) is 51.0 Å². The largest absolute Gasteiger partial charge is 0.312 e. The van der Waals surface area contributed by atoms with Crippen molar-refractivity contribution in [3.05, 3.63) is 36.2 Å². The minimum Gasteiger partial charge on any atom is -0.312 e. The van der Waals surface area contributed by atoms with Crippen LogP contribution in [-0.2, 0) is 4.79 Å². The summed E-state index contributed by atoms with van der Waals surface area (Å²) in [6, 6.07) is 10.4. The number of amides is 1. The number of hydrogen-bond donors (Lipinski definition) is 0. The molecule has 0 radical (unpaired) electrons. The van der Waals surface area contributed by atoms with Gasteiger partial charge >= 0.3 is 0 Å². The second-order valence-corrected chi connectivity index (χ2v) is 8.20.